The van der Waals surface area contributed by atoms with Gasteiger partial charge in [-0.15, -0.1) is 0 Å². The molecule has 3 aromatic heterocycles. The van der Waals surface area contributed by atoms with Crippen molar-refractivity contribution in [1.29, 1.82) is 5.26 Å². The van der Waals surface area contributed by atoms with E-state index in [2.05, 4.69) is 76.3 Å². The molecule has 0 saturated heterocycles. The molecule has 3 heterocycles. The number of para-hydroxylation sites is 1. The molecule has 6 aromatic carbocycles. The van der Waals surface area contributed by atoms with Crippen LogP contribution in [0.3, 0.4) is 0 Å². The maximum atomic E-state index is 9.62. The first kappa shape index (κ1) is 29.9. The molecule has 6 nitrogen and oxygen atoms in total. The molecule has 238 valence electrons. The van der Waals surface area contributed by atoms with Crippen LogP contribution in [0.25, 0.3) is 84.0 Å². The summed E-state index contributed by atoms with van der Waals surface area (Å²) in [4.78, 5) is 20.0. The fraction of sp³-hybridized carbons (Fsp3) is 0. The highest BCUT2D eigenvalue weighted by Crippen LogP contribution is 2.39. The summed E-state index contributed by atoms with van der Waals surface area (Å²) in [6, 6.07) is 57.4. The van der Waals surface area contributed by atoms with Gasteiger partial charge in [0.25, 0.3) is 0 Å². The van der Waals surface area contributed by atoms with Gasteiger partial charge in [-0.25, -0.2) is 15.0 Å². The van der Waals surface area contributed by atoms with Gasteiger partial charge in [0, 0.05) is 39.2 Å². The van der Waals surface area contributed by atoms with Crippen LogP contribution in [0.2, 0.25) is 0 Å². The van der Waals surface area contributed by atoms with Crippen LogP contribution < -0.4 is 0 Å². The van der Waals surface area contributed by atoms with Crippen molar-refractivity contribution >= 4 is 21.8 Å². The molecule has 9 aromatic rings. The molecular formula is C45H28N6. The van der Waals surface area contributed by atoms with Crippen LogP contribution in [-0.4, -0.2) is 24.5 Å². The molecule has 0 aliphatic rings. The minimum Gasteiger partial charge on any atom is -0.308 e. The molecule has 0 aliphatic carbocycles. The van der Waals surface area contributed by atoms with Crippen molar-refractivity contribution < 1.29 is 0 Å². The van der Waals surface area contributed by atoms with Crippen molar-refractivity contribution in [1.82, 2.24) is 24.5 Å². The van der Waals surface area contributed by atoms with E-state index in [9.17, 15) is 5.26 Å². The third-order valence-corrected chi connectivity index (χ3v) is 9.14. The van der Waals surface area contributed by atoms with Gasteiger partial charge in [-0.1, -0.05) is 115 Å². The number of hydrogen-bond acceptors (Lipinski definition) is 5. The molecule has 0 aliphatic heterocycles. The van der Waals surface area contributed by atoms with Crippen molar-refractivity contribution in [2.45, 2.75) is 0 Å². The topological polar surface area (TPSA) is 80.3 Å². The normalized spacial score (nSPS) is 11.1. The van der Waals surface area contributed by atoms with Crippen molar-refractivity contribution in [3.63, 3.8) is 0 Å². The lowest BCUT2D eigenvalue weighted by Crippen LogP contribution is -2.04. The summed E-state index contributed by atoms with van der Waals surface area (Å²) in [5, 5.41) is 11.9. The van der Waals surface area contributed by atoms with Gasteiger partial charge >= 0.3 is 0 Å². The first-order valence-corrected chi connectivity index (χ1v) is 16.7. The summed E-state index contributed by atoms with van der Waals surface area (Å²) in [7, 11) is 0. The zero-order valence-corrected chi connectivity index (χ0v) is 27.3. The second kappa shape index (κ2) is 12.7. The number of nitriles is 1. The van der Waals surface area contributed by atoms with Gasteiger partial charge in [-0.3, -0.25) is 4.98 Å². The Morgan fingerprint density at radius 1 is 0.451 bits per heavy atom. The van der Waals surface area contributed by atoms with Crippen LogP contribution in [0.4, 0.5) is 0 Å². The number of hydrogen-bond donors (Lipinski definition) is 0. The van der Waals surface area contributed by atoms with E-state index < -0.39 is 0 Å². The molecule has 0 fully saturated rings. The third-order valence-electron chi connectivity index (χ3n) is 9.14. The standard InChI is InChI=1S/C45H28N6/c46-29-30-12-11-17-33(26-30)34-21-23-37-36-18-7-8-20-40(36)51(42(37)28-34)41-24-22-35(39-19-9-10-25-47-39)27-38(41)45-49-43(31-13-3-1-4-14-31)48-44(50-45)32-15-5-2-6-16-32/h1-28H. The first-order chi connectivity index (χ1) is 25.2. The minimum atomic E-state index is 0.555. The van der Waals surface area contributed by atoms with E-state index in [0.29, 0.717) is 23.0 Å². The van der Waals surface area contributed by atoms with Gasteiger partial charge in [0.1, 0.15) is 0 Å². The van der Waals surface area contributed by atoms with E-state index in [1.54, 1.807) is 0 Å². The molecule has 0 amide bonds. The zero-order valence-electron chi connectivity index (χ0n) is 27.3. The Bertz CT molecular complexity index is 2690. The molecule has 9 rings (SSSR count). The van der Waals surface area contributed by atoms with E-state index in [4.69, 9.17) is 15.0 Å². The summed E-state index contributed by atoms with van der Waals surface area (Å²) in [6.07, 6.45) is 1.81. The van der Waals surface area contributed by atoms with Gasteiger partial charge in [0.05, 0.1) is 34.0 Å². The summed E-state index contributed by atoms with van der Waals surface area (Å²) in [5.74, 6) is 1.74. The van der Waals surface area contributed by atoms with Crippen LogP contribution in [-0.2, 0) is 0 Å². The van der Waals surface area contributed by atoms with Gasteiger partial charge in [0.15, 0.2) is 17.5 Å². The van der Waals surface area contributed by atoms with Crippen molar-refractivity contribution in [2.75, 3.05) is 0 Å². The van der Waals surface area contributed by atoms with E-state index in [1.807, 2.05) is 109 Å². The number of fused-ring (bicyclic) bond motifs is 3. The maximum Gasteiger partial charge on any atom is 0.166 e. The Labute approximate surface area is 294 Å². The second-order valence-electron chi connectivity index (χ2n) is 12.3. The molecule has 0 saturated carbocycles. The van der Waals surface area contributed by atoms with Gasteiger partial charge in [-0.2, -0.15) is 5.26 Å². The lowest BCUT2D eigenvalue weighted by Gasteiger charge is -2.16. The number of pyridine rings is 1. The van der Waals surface area contributed by atoms with Crippen LogP contribution in [0.5, 0.6) is 0 Å². The molecular weight excluding hydrogens is 625 g/mol. The van der Waals surface area contributed by atoms with Gasteiger partial charge < -0.3 is 4.57 Å². The molecule has 6 heteroatoms. The van der Waals surface area contributed by atoms with E-state index >= 15 is 0 Å². The number of rotatable bonds is 6. The predicted molar refractivity (Wildman–Crippen MR) is 204 cm³/mol. The Morgan fingerprint density at radius 2 is 1.08 bits per heavy atom. The Hall–Kier alpha value is -7.23. The zero-order chi connectivity index (χ0) is 34.1. The fourth-order valence-electron chi connectivity index (χ4n) is 6.71. The number of aromatic nitrogens is 5. The number of benzene rings is 6. The molecule has 0 atom stereocenters. The van der Waals surface area contributed by atoms with Crippen molar-refractivity contribution in [3.8, 4) is 68.3 Å². The summed E-state index contributed by atoms with van der Waals surface area (Å²) >= 11 is 0. The lowest BCUT2D eigenvalue weighted by atomic mass is 10.0. The molecule has 0 spiro atoms. The summed E-state index contributed by atoms with van der Waals surface area (Å²) in [6.45, 7) is 0. The second-order valence-corrected chi connectivity index (χ2v) is 12.3. The highest BCUT2D eigenvalue weighted by Gasteiger charge is 2.21. The van der Waals surface area contributed by atoms with Crippen LogP contribution in [0.1, 0.15) is 5.56 Å². The van der Waals surface area contributed by atoms with E-state index in [0.717, 1.165) is 66.6 Å². The van der Waals surface area contributed by atoms with E-state index in [1.165, 1.54) is 0 Å². The van der Waals surface area contributed by atoms with Crippen LogP contribution in [0.15, 0.2) is 170 Å². The van der Waals surface area contributed by atoms with Crippen molar-refractivity contribution in [3.05, 3.63) is 176 Å². The van der Waals surface area contributed by atoms with Gasteiger partial charge in [0.2, 0.25) is 0 Å². The minimum absolute atomic E-state index is 0.555. The molecule has 0 unspecified atom stereocenters. The van der Waals surface area contributed by atoms with E-state index in [-0.39, 0.29) is 0 Å². The Balaban J connectivity index is 1.35. The third kappa shape index (κ3) is 5.49. The SMILES string of the molecule is N#Cc1cccc(-c2ccc3c4ccccc4n(-c4ccc(-c5ccccn5)cc4-c4nc(-c5ccccc5)nc(-c5ccccc5)n4)c3c2)c1. The highest BCUT2D eigenvalue weighted by atomic mass is 15.1. The highest BCUT2D eigenvalue weighted by molar-refractivity contribution is 6.10. The smallest absolute Gasteiger partial charge is 0.166 e. The van der Waals surface area contributed by atoms with Crippen molar-refractivity contribution in [2.24, 2.45) is 0 Å². The summed E-state index contributed by atoms with van der Waals surface area (Å²) < 4.78 is 2.30. The Kier molecular flexibility index (Phi) is 7.42. The predicted octanol–water partition coefficient (Wildman–Crippen LogP) is 10.6. The molecule has 0 N–H and O–H groups in total. The number of nitrogens with zero attached hydrogens (tertiary/aromatic N) is 6. The quantitative estimate of drug-likeness (QED) is 0.179. The average Bonchev–Trinajstić information content (AvgIpc) is 3.55. The van der Waals surface area contributed by atoms with Crippen LogP contribution in [0, 0.1) is 11.3 Å². The fourth-order valence-corrected chi connectivity index (χ4v) is 6.71. The molecule has 51 heavy (non-hydrogen) atoms. The molecule has 0 bridgehead atoms. The average molecular weight is 653 g/mol. The summed E-state index contributed by atoms with van der Waals surface area (Å²) in [5.41, 5.74) is 10.1. The van der Waals surface area contributed by atoms with Gasteiger partial charge in [-0.05, 0) is 59.7 Å². The van der Waals surface area contributed by atoms with Crippen LogP contribution >= 0.6 is 0 Å². The molecule has 0 radical (unpaired) electrons. The first-order valence-electron chi connectivity index (χ1n) is 16.7. The Morgan fingerprint density at radius 3 is 1.80 bits per heavy atom. The maximum absolute atomic E-state index is 9.62. The monoisotopic (exact) mass is 652 g/mol. The lowest BCUT2D eigenvalue weighted by molar-refractivity contribution is 1.06. The largest absolute Gasteiger partial charge is 0.308 e.